The number of esters is 1. The van der Waals surface area contributed by atoms with E-state index in [0.717, 1.165) is 22.9 Å². The van der Waals surface area contributed by atoms with Crippen molar-refractivity contribution in [2.45, 2.75) is 69.6 Å². The summed E-state index contributed by atoms with van der Waals surface area (Å²) in [5.41, 5.74) is -0.792. The molecule has 2 amide bonds. The largest absolute Gasteiger partial charge is 0.467 e. The molecule has 1 heterocycles. The van der Waals surface area contributed by atoms with Crippen LogP contribution in [0.25, 0.3) is 0 Å². The van der Waals surface area contributed by atoms with Gasteiger partial charge >= 0.3 is 12.1 Å². The smallest absolute Gasteiger partial charge is 0.410 e. The normalized spacial score (nSPS) is 26.0. The predicted octanol–water partition coefficient (Wildman–Crippen LogP) is 3.75. The Balaban J connectivity index is 1.77. The molecule has 3 atom stereocenters. The van der Waals surface area contributed by atoms with Crippen LogP contribution in [0.15, 0.2) is 28.7 Å². The highest BCUT2D eigenvalue weighted by Crippen LogP contribution is 2.52. The summed E-state index contributed by atoms with van der Waals surface area (Å²) in [6, 6.07) is 7.01. The van der Waals surface area contributed by atoms with Gasteiger partial charge in [-0.15, -0.1) is 0 Å². The van der Waals surface area contributed by atoms with E-state index in [4.69, 9.17) is 9.47 Å². The van der Waals surface area contributed by atoms with Crippen LogP contribution in [0.2, 0.25) is 0 Å². The van der Waals surface area contributed by atoms with E-state index in [1.807, 2.05) is 24.3 Å². The van der Waals surface area contributed by atoms with Crippen molar-refractivity contribution in [1.82, 2.24) is 10.2 Å². The summed E-state index contributed by atoms with van der Waals surface area (Å²) in [6.45, 7) is 5.84. The average Bonchev–Trinajstić information content (AvgIpc) is 3.41. The minimum absolute atomic E-state index is 0.166. The van der Waals surface area contributed by atoms with Crippen LogP contribution in [0, 0.1) is 0 Å². The van der Waals surface area contributed by atoms with Gasteiger partial charge in [0.15, 0.2) is 0 Å². The number of halogens is 1. The minimum atomic E-state index is -1.10. The Bertz CT molecular complexity index is 820. The molecule has 8 heteroatoms. The first-order chi connectivity index (χ1) is 14.1. The lowest BCUT2D eigenvalue weighted by Gasteiger charge is -2.36. The van der Waals surface area contributed by atoms with Gasteiger partial charge < -0.3 is 14.8 Å². The van der Waals surface area contributed by atoms with Crippen LogP contribution in [0.3, 0.4) is 0 Å². The second-order valence-electron chi connectivity index (χ2n) is 8.95. The Labute approximate surface area is 185 Å². The number of benzene rings is 1. The van der Waals surface area contributed by atoms with Crippen molar-refractivity contribution in [2.24, 2.45) is 0 Å². The quantitative estimate of drug-likeness (QED) is 0.663. The van der Waals surface area contributed by atoms with Gasteiger partial charge in [-0.1, -0.05) is 28.1 Å². The third-order valence-electron chi connectivity index (χ3n) is 5.56. The fourth-order valence-electron chi connectivity index (χ4n) is 4.00. The van der Waals surface area contributed by atoms with Crippen molar-refractivity contribution in [3.63, 3.8) is 0 Å². The molecule has 1 aliphatic heterocycles. The number of nitrogens with one attached hydrogen (secondary N) is 1. The van der Waals surface area contributed by atoms with E-state index in [-0.39, 0.29) is 11.8 Å². The minimum Gasteiger partial charge on any atom is -0.467 e. The monoisotopic (exact) mass is 480 g/mol. The lowest BCUT2D eigenvalue weighted by atomic mass is 10.0. The van der Waals surface area contributed by atoms with E-state index in [9.17, 15) is 14.4 Å². The summed E-state index contributed by atoms with van der Waals surface area (Å²) in [7, 11) is 1.32. The maximum absolute atomic E-state index is 13.2. The van der Waals surface area contributed by atoms with E-state index in [0.29, 0.717) is 19.4 Å². The SMILES string of the molecule is COC(=O)[C@@]1(NC(=O)C2CCCCN2C(=O)OC(C)(C)C)C[C@H]1c1ccc(Br)cc1. The molecular formula is C22H29BrN2O5. The molecule has 0 radical (unpaired) electrons. The fourth-order valence-corrected chi connectivity index (χ4v) is 4.27. The molecule has 0 spiro atoms. The number of piperidine rings is 1. The van der Waals surface area contributed by atoms with Gasteiger partial charge in [-0.25, -0.2) is 9.59 Å². The highest BCUT2D eigenvalue weighted by atomic mass is 79.9. The van der Waals surface area contributed by atoms with Crippen LogP contribution < -0.4 is 5.32 Å². The number of nitrogens with zero attached hydrogens (tertiary/aromatic N) is 1. The lowest BCUT2D eigenvalue weighted by molar-refractivity contribution is -0.147. The molecule has 1 saturated heterocycles. The third kappa shape index (κ3) is 4.79. The summed E-state index contributed by atoms with van der Waals surface area (Å²) in [5, 5.41) is 2.92. The summed E-state index contributed by atoms with van der Waals surface area (Å²) in [5.74, 6) is -0.977. The Morgan fingerprint density at radius 2 is 1.83 bits per heavy atom. The molecule has 2 fully saturated rings. The summed E-state index contributed by atoms with van der Waals surface area (Å²) < 4.78 is 11.4. The number of rotatable bonds is 4. The molecular weight excluding hydrogens is 452 g/mol. The van der Waals surface area contributed by atoms with Crippen LogP contribution in [0.5, 0.6) is 0 Å². The van der Waals surface area contributed by atoms with Gasteiger partial charge in [0.25, 0.3) is 0 Å². The van der Waals surface area contributed by atoms with Crippen molar-refractivity contribution in [3.05, 3.63) is 34.3 Å². The van der Waals surface area contributed by atoms with E-state index >= 15 is 0 Å². The van der Waals surface area contributed by atoms with Crippen molar-refractivity contribution in [3.8, 4) is 0 Å². The number of likely N-dealkylation sites (tertiary alicyclic amines) is 1. The number of amides is 2. The van der Waals surface area contributed by atoms with Crippen molar-refractivity contribution in [1.29, 1.82) is 0 Å². The van der Waals surface area contributed by atoms with Gasteiger partial charge in [0, 0.05) is 16.9 Å². The molecule has 2 aliphatic rings. The van der Waals surface area contributed by atoms with Crippen LogP contribution in [0.1, 0.15) is 57.9 Å². The second-order valence-corrected chi connectivity index (χ2v) is 9.86. The number of ether oxygens (including phenoxy) is 2. The average molecular weight is 481 g/mol. The number of carbonyl (C=O) groups excluding carboxylic acids is 3. The first kappa shape index (κ1) is 22.6. The van der Waals surface area contributed by atoms with Gasteiger partial charge in [-0.3, -0.25) is 9.69 Å². The first-order valence-electron chi connectivity index (χ1n) is 10.2. The number of hydrogen-bond acceptors (Lipinski definition) is 5. The Kier molecular flexibility index (Phi) is 6.45. The van der Waals surface area contributed by atoms with Crippen molar-refractivity contribution in [2.75, 3.05) is 13.7 Å². The molecule has 3 rings (SSSR count). The summed E-state index contributed by atoms with van der Waals surface area (Å²) in [6.07, 6.45) is 2.14. The molecule has 1 N–H and O–H groups in total. The zero-order valence-corrected chi connectivity index (χ0v) is 19.5. The predicted molar refractivity (Wildman–Crippen MR) is 115 cm³/mol. The highest BCUT2D eigenvalue weighted by Gasteiger charge is 2.63. The van der Waals surface area contributed by atoms with Gasteiger partial charge in [-0.2, -0.15) is 0 Å². The zero-order valence-electron chi connectivity index (χ0n) is 17.9. The highest BCUT2D eigenvalue weighted by molar-refractivity contribution is 9.10. The van der Waals surface area contributed by atoms with Crippen LogP contribution in [-0.2, 0) is 19.1 Å². The molecule has 1 unspecified atom stereocenters. The molecule has 7 nitrogen and oxygen atoms in total. The third-order valence-corrected chi connectivity index (χ3v) is 6.09. The molecule has 1 aromatic carbocycles. The van der Waals surface area contributed by atoms with E-state index in [2.05, 4.69) is 21.2 Å². The Morgan fingerprint density at radius 1 is 1.17 bits per heavy atom. The van der Waals surface area contributed by atoms with Crippen LogP contribution in [-0.4, -0.2) is 53.7 Å². The van der Waals surface area contributed by atoms with E-state index in [1.54, 1.807) is 20.8 Å². The summed E-state index contributed by atoms with van der Waals surface area (Å²) in [4.78, 5) is 39.9. The number of methoxy groups -OCH3 is 1. The summed E-state index contributed by atoms with van der Waals surface area (Å²) >= 11 is 3.41. The van der Waals surface area contributed by atoms with E-state index in [1.165, 1.54) is 12.0 Å². The first-order valence-corrected chi connectivity index (χ1v) is 11.0. The van der Waals surface area contributed by atoms with Crippen molar-refractivity contribution < 1.29 is 23.9 Å². The molecule has 0 bridgehead atoms. The molecule has 1 aromatic rings. The maximum Gasteiger partial charge on any atom is 0.410 e. The Morgan fingerprint density at radius 3 is 2.43 bits per heavy atom. The van der Waals surface area contributed by atoms with Crippen molar-refractivity contribution >= 4 is 33.9 Å². The Hall–Kier alpha value is -2.09. The number of carbonyl (C=O) groups is 3. The molecule has 1 saturated carbocycles. The molecule has 164 valence electrons. The van der Waals surface area contributed by atoms with Crippen LogP contribution >= 0.6 is 15.9 Å². The van der Waals surface area contributed by atoms with Gasteiger partial charge in [-0.05, 0) is 64.2 Å². The topological polar surface area (TPSA) is 84.9 Å². The molecule has 30 heavy (non-hydrogen) atoms. The molecule has 0 aromatic heterocycles. The zero-order chi connectivity index (χ0) is 22.1. The molecule has 1 aliphatic carbocycles. The lowest BCUT2D eigenvalue weighted by Crippen LogP contribution is -2.57. The van der Waals surface area contributed by atoms with Gasteiger partial charge in [0.05, 0.1) is 7.11 Å². The second kappa shape index (κ2) is 8.57. The number of hydrogen-bond donors (Lipinski definition) is 1. The van der Waals surface area contributed by atoms with Gasteiger partial charge in [0.1, 0.15) is 17.2 Å². The maximum atomic E-state index is 13.2. The van der Waals surface area contributed by atoms with Gasteiger partial charge in [0.2, 0.25) is 5.91 Å². The van der Waals surface area contributed by atoms with E-state index < -0.39 is 29.2 Å². The standard InChI is InChI=1S/C22H29BrN2O5/c1-21(2,3)30-20(28)25-12-6-5-7-17(25)18(26)24-22(19(27)29-4)13-16(22)14-8-10-15(23)11-9-14/h8-11,16-17H,5-7,12-13H2,1-4H3,(H,24,26)/t16-,17?,22+/m0/s1. The fraction of sp³-hybridized carbons (Fsp3) is 0.591. The van der Waals surface area contributed by atoms with Crippen LogP contribution in [0.4, 0.5) is 4.79 Å².